The number of halogens is 1. The van der Waals surface area contributed by atoms with Crippen molar-refractivity contribution in [3.63, 3.8) is 0 Å². The van der Waals surface area contributed by atoms with Crippen molar-refractivity contribution in [3.8, 4) is 17.2 Å². The molecule has 1 fully saturated rings. The molecular formula is C35H34FN3O6S2. The lowest BCUT2D eigenvalue weighted by Crippen LogP contribution is -2.29. The average Bonchev–Trinajstić information content (AvgIpc) is 3.76. The van der Waals surface area contributed by atoms with Crippen LogP contribution in [-0.4, -0.2) is 46.3 Å². The standard InChI is InChI=1S/C35H34FN3O6S2/c1-4-6-15-44-27-14-9-22(18-28(27)43-5-2)30-29(31(40)23-10-13-26-24(17-23)16-20(3)45-26)32(41)33(42)39(30)34-37-38-35(47-34)46-19-21-7-11-25(36)12-8-21/h7-14,17-18,20,30,40H,4-6,15-16,19H2,1-3H3/t20-,30+/m0/s1. The number of amides is 1. The van der Waals surface area contributed by atoms with E-state index in [0.717, 1.165) is 41.1 Å². The first kappa shape index (κ1) is 32.5. The van der Waals surface area contributed by atoms with Gasteiger partial charge in [0.05, 0.1) is 24.8 Å². The van der Waals surface area contributed by atoms with Gasteiger partial charge in [-0.15, -0.1) is 10.2 Å². The SMILES string of the molecule is CCCCOc1ccc([C@@H]2C(=C(O)c3ccc4c(c3)C[C@H](C)O4)C(=O)C(=O)N2c2nnc(SCc3ccc(F)cc3)s2)cc1OCC. The molecule has 1 amide bonds. The van der Waals surface area contributed by atoms with Crippen LogP contribution in [0.4, 0.5) is 9.52 Å². The summed E-state index contributed by atoms with van der Waals surface area (Å²) in [6.07, 6.45) is 2.50. The molecule has 9 nitrogen and oxygen atoms in total. The summed E-state index contributed by atoms with van der Waals surface area (Å²) in [6.45, 7) is 6.78. The molecular weight excluding hydrogens is 642 g/mol. The van der Waals surface area contributed by atoms with Crippen molar-refractivity contribution in [3.05, 3.63) is 94.3 Å². The molecule has 0 radical (unpaired) electrons. The Morgan fingerprint density at radius 2 is 1.87 bits per heavy atom. The van der Waals surface area contributed by atoms with Gasteiger partial charge in [-0.05, 0) is 79.4 Å². The van der Waals surface area contributed by atoms with Crippen molar-refractivity contribution in [2.75, 3.05) is 18.1 Å². The van der Waals surface area contributed by atoms with E-state index in [0.29, 0.717) is 52.4 Å². The number of Topliss-reactive ketones (excluding diaryl/α,β-unsaturated/α-hetero) is 1. The van der Waals surface area contributed by atoms with Gasteiger partial charge in [-0.3, -0.25) is 14.5 Å². The van der Waals surface area contributed by atoms with Crippen LogP contribution in [0.3, 0.4) is 0 Å². The van der Waals surface area contributed by atoms with Crippen LogP contribution < -0.4 is 19.1 Å². The number of nitrogens with zero attached hydrogens (tertiary/aromatic N) is 3. The van der Waals surface area contributed by atoms with E-state index in [4.69, 9.17) is 14.2 Å². The summed E-state index contributed by atoms with van der Waals surface area (Å²) in [7, 11) is 0. The lowest BCUT2D eigenvalue weighted by atomic mass is 9.94. The van der Waals surface area contributed by atoms with E-state index < -0.39 is 17.7 Å². The number of thioether (sulfide) groups is 1. The van der Waals surface area contributed by atoms with Crippen LogP contribution in [0.5, 0.6) is 17.2 Å². The van der Waals surface area contributed by atoms with Crippen molar-refractivity contribution < 1.29 is 33.3 Å². The molecule has 0 saturated carbocycles. The van der Waals surface area contributed by atoms with Crippen LogP contribution in [0, 0.1) is 5.82 Å². The lowest BCUT2D eigenvalue weighted by molar-refractivity contribution is -0.132. The molecule has 3 heterocycles. The molecule has 2 aliphatic rings. The highest BCUT2D eigenvalue weighted by atomic mass is 32.2. The van der Waals surface area contributed by atoms with Crippen molar-refractivity contribution in [1.29, 1.82) is 0 Å². The van der Waals surface area contributed by atoms with E-state index >= 15 is 0 Å². The molecule has 0 unspecified atom stereocenters. The fourth-order valence-corrected chi connectivity index (χ4v) is 7.39. The Hall–Kier alpha value is -4.42. The number of ether oxygens (including phenoxy) is 3. The second-order valence-electron chi connectivity index (χ2n) is 11.2. The highest BCUT2D eigenvalue weighted by molar-refractivity contribution is 8.00. The zero-order chi connectivity index (χ0) is 33.1. The van der Waals surface area contributed by atoms with Gasteiger partial charge in [0.1, 0.15) is 23.4 Å². The van der Waals surface area contributed by atoms with E-state index in [1.54, 1.807) is 48.5 Å². The third kappa shape index (κ3) is 6.84. The van der Waals surface area contributed by atoms with Crippen molar-refractivity contribution >= 4 is 45.7 Å². The summed E-state index contributed by atoms with van der Waals surface area (Å²) in [5.74, 6) is -0.0396. The topological polar surface area (TPSA) is 111 Å². The molecule has 244 valence electrons. The number of carbonyl (C=O) groups is 2. The van der Waals surface area contributed by atoms with Crippen LogP contribution in [-0.2, 0) is 21.8 Å². The molecule has 0 spiro atoms. The van der Waals surface area contributed by atoms with Gasteiger partial charge >= 0.3 is 5.91 Å². The van der Waals surface area contributed by atoms with Crippen LogP contribution in [0.2, 0.25) is 0 Å². The predicted octanol–water partition coefficient (Wildman–Crippen LogP) is 7.50. The van der Waals surface area contributed by atoms with E-state index in [1.165, 1.54) is 28.8 Å². The molecule has 1 aromatic heterocycles. The largest absolute Gasteiger partial charge is 0.507 e. The third-order valence-electron chi connectivity index (χ3n) is 7.83. The first-order valence-electron chi connectivity index (χ1n) is 15.5. The number of benzene rings is 3. The van der Waals surface area contributed by atoms with Crippen LogP contribution in [0.15, 0.2) is 70.6 Å². The Morgan fingerprint density at radius 1 is 1.06 bits per heavy atom. The number of hydrogen-bond donors (Lipinski definition) is 1. The molecule has 2 atom stereocenters. The van der Waals surface area contributed by atoms with Crippen molar-refractivity contribution in [2.45, 2.75) is 62.3 Å². The minimum Gasteiger partial charge on any atom is -0.507 e. The maximum Gasteiger partial charge on any atom is 0.301 e. The molecule has 47 heavy (non-hydrogen) atoms. The molecule has 6 rings (SSSR count). The summed E-state index contributed by atoms with van der Waals surface area (Å²) in [5.41, 5.74) is 2.67. The number of aliphatic hydroxyl groups is 1. The van der Waals surface area contributed by atoms with Crippen LogP contribution in [0.25, 0.3) is 5.76 Å². The maximum absolute atomic E-state index is 13.8. The Bertz CT molecular complexity index is 1830. The molecule has 2 aliphatic heterocycles. The van der Waals surface area contributed by atoms with Gasteiger partial charge in [-0.1, -0.05) is 54.6 Å². The summed E-state index contributed by atoms with van der Waals surface area (Å²) < 4.78 is 31.7. The number of fused-ring (bicyclic) bond motifs is 1. The number of unbranched alkanes of at least 4 members (excludes halogenated alkanes) is 1. The second-order valence-corrected chi connectivity index (χ2v) is 13.4. The highest BCUT2D eigenvalue weighted by Crippen LogP contribution is 2.46. The fraction of sp³-hybridized carbons (Fsp3) is 0.314. The average molecular weight is 676 g/mol. The van der Waals surface area contributed by atoms with E-state index in [2.05, 4.69) is 17.1 Å². The number of ketones is 1. The lowest BCUT2D eigenvalue weighted by Gasteiger charge is -2.23. The van der Waals surface area contributed by atoms with E-state index in [1.807, 2.05) is 13.8 Å². The minimum atomic E-state index is -1.02. The van der Waals surface area contributed by atoms with Crippen molar-refractivity contribution in [1.82, 2.24) is 10.2 Å². The number of aromatic nitrogens is 2. The zero-order valence-corrected chi connectivity index (χ0v) is 27.8. The second kappa shape index (κ2) is 14.1. The molecule has 1 saturated heterocycles. The Balaban J connectivity index is 1.41. The normalized spacial score (nSPS) is 18.3. The van der Waals surface area contributed by atoms with Crippen LogP contribution >= 0.6 is 23.1 Å². The summed E-state index contributed by atoms with van der Waals surface area (Å²) in [6, 6.07) is 15.7. The quantitative estimate of drug-likeness (QED) is 0.0408. The van der Waals surface area contributed by atoms with Crippen LogP contribution in [0.1, 0.15) is 61.9 Å². The minimum absolute atomic E-state index is 0.00412. The molecule has 0 bridgehead atoms. The molecule has 12 heteroatoms. The van der Waals surface area contributed by atoms with Gasteiger partial charge in [-0.25, -0.2) is 4.39 Å². The third-order valence-corrected chi connectivity index (χ3v) is 9.96. The van der Waals surface area contributed by atoms with E-state index in [-0.39, 0.29) is 28.4 Å². The number of carbonyl (C=O) groups excluding carboxylic acids is 2. The number of aliphatic hydroxyl groups excluding tert-OH is 1. The van der Waals surface area contributed by atoms with Gasteiger partial charge < -0.3 is 19.3 Å². The summed E-state index contributed by atoms with van der Waals surface area (Å²) in [4.78, 5) is 28.9. The Morgan fingerprint density at radius 3 is 2.64 bits per heavy atom. The summed E-state index contributed by atoms with van der Waals surface area (Å²) in [5, 5.41) is 20.5. The van der Waals surface area contributed by atoms with E-state index in [9.17, 15) is 19.1 Å². The smallest absolute Gasteiger partial charge is 0.301 e. The Labute approximate surface area is 280 Å². The molecule has 3 aromatic carbocycles. The molecule has 4 aromatic rings. The first-order valence-corrected chi connectivity index (χ1v) is 17.3. The van der Waals surface area contributed by atoms with Gasteiger partial charge in [0.2, 0.25) is 5.13 Å². The zero-order valence-electron chi connectivity index (χ0n) is 26.2. The number of rotatable bonds is 12. The van der Waals surface area contributed by atoms with Crippen molar-refractivity contribution in [2.24, 2.45) is 0 Å². The monoisotopic (exact) mass is 675 g/mol. The maximum atomic E-state index is 13.8. The van der Waals surface area contributed by atoms with Gasteiger partial charge in [0.25, 0.3) is 5.78 Å². The number of anilines is 1. The predicted molar refractivity (Wildman–Crippen MR) is 179 cm³/mol. The number of hydrogen-bond acceptors (Lipinski definition) is 10. The fourth-order valence-electron chi connectivity index (χ4n) is 5.56. The van der Waals surface area contributed by atoms with Gasteiger partial charge in [-0.2, -0.15) is 0 Å². The first-order chi connectivity index (χ1) is 22.8. The summed E-state index contributed by atoms with van der Waals surface area (Å²) >= 11 is 2.54. The molecule has 0 aliphatic carbocycles. The van der Waals surface area contributed by atoms with Gasteiger partial charge in [0.15, 0.2) is 15.8 Å². The highest BCUT2D eigenvalue weighted by Gasteiger charge is 2.48. The van der Waals surface area contributed by atoms with Gasteiger partial charge in [0, 0.05) is 17.7 Å². The molecule has 1 N–H and O–H groups in total. The Kier molecular flexibility index (Phi) is 9.79.